The second-order valence-corrected chi connectivity index (χ2v) is 7.34. The summed E-state index contributed by atoms with van der Waals surface area (Å²) in [7, 11) is 0. The number of fused-ring (bicyclic) bond motifs is 1. The molecule has 7 heteroatoms. The number of nitro groups is 1. The van der Waals surface area contributed by atoms with E-state index >= 15 is 0 Å². The molecule has 3 aromatic rings. The van der Waals surface area contributed by atoms with Crippen molar-refractivity contribution in [3.8, 4) is 11.3 Å². The Labute approximate surface area is 160 Å². The number of hydrogen-bond acceptors (Lipinski definition) is 5. The molecule has 1 atom stereocenters. The molecular formula is C20H17N3O3S. The molecule has 0 aliphatic heterocycles. The predicted molar refractivity (Wildman–Crippen MR) is 105 cm³/mol. The maximum absolute atomic E-state index is 12.8. The van der Waals surface area contributed by atoms with Crippen molar-refractivity contribution >= 4 is 28.1 Å². The van der Waals surface area contributed by atoms with Crippen LogP contribution in [0.15, 0.2) is 53.9 Å². The highest BCUT2D eigenvalue weighted by Gasteiger charge is 2.26. The Balaban J connectivity index is 1.53. The molecule has 136 valence electrons. The van der Waals surface area contributed by atoms with E-state index in [-0.39, 0.29) is 17.5 Å². The fraction of sp³-hybridized carbons (Fsp3) is 0.200. The summed E-state index contributed by atoms with van der Waals surface area (Å²) in [6.45, 7) is 0. The van der Waals surface area contributed by atoms with Gasteiger partial charge in [0.2, 0.25) is 5.91 Å². The number of carbonyl (C=O) groups is 1. The minimum atomic E-state index is -0.431. The number of rotatable bonds is 4. The average Bonchev–Trinajstić information content (AvgIpc) is 3.16. The highest BCUT2D eigenvalue weighted by atomic mass is 32.1. The summed E-state index contributed by atoms with van der Waals surface area (Å²) in [5.74, 6) is -0.220. The van der Waals surface area contributed by atoms with E-state index in [1.165, 1.54) is 29.0 Å². The molecule has 0 radical (unpaired) electrons. The van der Waals surface area contributed by atoms with Gasteiger partial charge in [-0.05, 0) is 30.4 Å². The third kappa shape index (κ3) is 3.59. The van der Waals surface area contributed by atoms with Crippen LogP contribution in [0.3, 0.4) is 0 Å². The first-order chi connectivity index (χ1) is 13.1. The molecule has 0 saturated carbocycles. The third-order valence-corrected chi connectivity index (χ3v) is 5.53. The lowest BCUT2D eigenvalue weighted by atomic mass is 9.82. The Morgan fingerprint density at radius 3 is 2.93 bits per heavy atom. The van der Waals surface area contributed by atoms with E-state index in [0.717, 1.165) is 24.8 Å². The maximum atomic E-state index is 12.8. The zero-order chi connectivity index (χ0) is 18.8. The third-order valence-electron chi connectivity index (χ3n) is 4.77. The van der Waals surface area contributed by atoms with Crippen LogP contribution in [0.4, 0.5) is 10.8 Å². The Morgan fingerprint density at radius 1 is 1.22 bits per heavy atom. The van der Waals surface area contributed by atoms with Crippen molar-refractivity contribution < 1.29 is 9.72 Å². The second kappa shape index (κ2) is 7.28. The quantitative estimate of drug-likeness (QED) is 0.522. The fourth-order valence-electron chi connectivity index (χ4n) is 3.46. The monoisotopic (exact) mass is 379 g/mol. The van der Waals surface area contributed by atoms with Crippen LogP contribution in [0.5, 0.6) is 0 Å². The molecule has 6 nitrogen and oxygen atoms in total. The number of anilines is 1. The largest absolute Gasteiger partial charge is 0.301 e. The number of nitrogens with zero attached hydrogens (tertiary/aromatic N) is 2. The van der Waals surface area contributed by atoms with Crippen molar-refractivity contribution in [1.29, 1.82) is 0 Å². The van der Waals surface area contributed by atoms with Crippen LogP contribution in [0.2, 0.25) is 0 Å². The maximum Gasteiger partial charge on any atom is 0.270 e. The van der Waals surface area contributed by atoms with Crippen LogP contribution in [-0.4, -0.2) is 15.8 Å². The van der Waals surface area contributed by atoms with Crippen LogP contribution in [0.25, 0.3) is 11.3 Å². The lowest BCUT2D eigenvalue weighted by Crippen LogP contribution is -2.24. The van der Waals surface area contributed by atoms with Crippen LogP contribution < -0.4 is 5.32 Å². The molecular weight excluding hydrogens is 362 g/mol. The van der Waals surface area contributed by atoms with Gasteiger partial charge in [0.15, 0.2) is 5.13 Å². The Morgan fingerprint density at radius 2 is 2.07 bits per heavy atom. The van der Waals surface area contributed by atoms with Gasteiger partial charge < -0.3 is 5.32 Å². The van der Waals surface area contributed by atoms with Gasteiger partial charge in [-0.2, -0.15) is 0 Å². The molecule has 0 fully saturated rings. The number of aryl methyl sites for hydroxylation is 1. The molecule has 1 aliphatic rings. The summed E-state index contributed by atoms with van der Waals surface area (Å²) < 4.78 is 0. The van der Waals surface area contributed by atoms with Crippen molar-refractivity contribution in [2.24, 2.45) is 0 Å². The normalized spacial score (nSPS) is 15.8. The van der Waals surface area contributed by atoms with Crippen molar-refractivity contribution in [2.75, 3.05) is 5.32 Å². The van der Waals surface area contributed by atoms with Crippen molar-refractivity contribution in [3.63, 3.8) is 0 Å². The lowest BCUT2D eigenvalue weighted by molar-refractivity contribution is -0.384. The number of aromatic nitrogens is 1. The van der Waals surface area contributed by atoms with Gasteiger partial charge in [-0.25, -0.2) is 4.98 Å². The molecule has 1 aliphatic carbocycles. The van der Waals surface area contributed by atoms with Crippen molar-refractivity contribution in [1.82, 2.24) is 4.98 Å². The molecule has 0 bridgehead atoms. The van der Waals surface area contributed by atoms with Gasteiger partial charge in [0.25, 0.3) is 5.69 Å². The van der Waals surface area contributed by atoms with Gasteiger partial charge in [-0.15, -0.1) is 11.3 Å². The number of nitrogens with one attached hydrogen (secondary N) is 1. The predicted octanol–water partition coefficient (Wildman–Crippen LogP) is 4.78. The topological polar surface area (TPSA) is 85.1 Å². The molecule has 2 aromatic carbocycles. The van der Waals surface area contributed by atoms with Gasteiger partial charge in [-0.3, -0.25) is 14.9 Å². The highest BCUT2D eigenvalue weighted by Crippen LogP contribution is 2.33. The zero-order valence-electron chi connectivity index (χ0n) is 14.4. The average molecular weight is 379 g/mol. The van der Waals surface area contributed by atoms with Gasteiger partial charge in [-0.1, -0.05) is 36.4 Å². The van der Waals surface area contributed by atoms with E-state index < -0.39 is 4.92 Å². The first kappa shape index (κ1) is 17.4. The molecule has 27 heavy (non-hydrogen) atoms. The van der Waals surface area contributed by atoms with Gasteiger partial charge in [0.1, 0.15) is 0 Å². The number of nitro benzene ring substituents is 1. The van der Waals surface area contributed by atoms with E-state index in [4.69, 9.17) is 0 Å². The van der Waals surface area contributed by atoms with Gasteiger partial charge in [0, 0.05) is 23.1 Å². The minimum absolute atomic E-state index is 0.0184. The molecule has 1 amide bonds. The molecule has 1 aromatic heterocycles. The van der Waals surface area contributed by atoms with E-state index in [0.29, 0.717) is 16.4 Å². The van der Waals surface area contributed by atoms with Crippen LogP contribution >= 0.6 is 11.3 Å². The zero-order valence-corrected chi connectivity index (χ0v) is 15.2. The first-order valence-corrected chi connectivity index (χ1v) is 9.59. The standard InChI is InChI=1S/C20H17N3O3S/c24-19(17-10-4-6-13-5-1-2-9-16(13)17)22-20-21-18(12-27-20)14-7-3-8-15(11-14)23(25)26/h1-3,5,7-9,11-12,17H,4,6,10H2,(H,21,22,24). The van der Waals surface area contributed by atoms with Crippen LogP contribution in [0, 0.1) is 10.1 Å². The molecule has 0 spiro atoms. The number of thiazole rings is 1. The SMILES string of the molecule is O=C(Nc1nc(-c2cccc([N+](=O)[O-])c2)cs1)C1CCCc2ccccc21. The van der Waals surface area contributed by atoms with E-state index in [1.54, 1.807) is 17.5 Å². The lowest BCUT2D eigenvalue weighted by Gasteiger charge is -2.24. The number of carbonyl (C=O) groups excluding carboxylic acids is 1. The van der Waals surface area contributed by atoms with E-state index in [2.05, 4.69) is 16.4 Å². The summed E-state index contributed by atoms with van der Waals surface area (Å²) in [4.78, 5) is 27.7. The summed E-state index contributed by atoms with van der Waals surface area (Å²) in [5.41, 5.74) is 3.62. The molecule has 4 rings (SSSR count). The second-order valence-electron chi connectivity index (χ2n) is 6.48. The van der Waals surface area contributed by atoms with Gasteiger partial charge >= 0.3 is 0 Å². The highest BCUT2D eigenvalue weighted by molar-refractivity contribution is 7.14. The van der Waals surface area contributed by atoms with Gasteiger partial charge in [0.05, 0.1) is 16.5 Å². The van der Waals surface area contributed by atoms with Crippen LogP contribution in [0.1, 0.15) is 29.9 Å². The molecule has 0 saturated heterocycles. The van der Waals surface area contributed by atoms with Crippen molar-refractivity contribution in [2.45, 2.75) is 25.2 Å². The Bertz CT molecular complexity index is 1010. The summed E-state index contributed by atoms with van der Waals surface area (Å²) >= 11 is 1.32. The number of benzene rings is 2. The van der Waals surface area contributed by atoms with Crippen molar-refractivity contribution in [3.05, 3.63) is 75.2 Å². The van der Waals surface area contributed by atoms with E-state index in [9.17, 15) is 14.9 Å². The smallest absolute Gasteiger partial charge is 0.270 e. The molecule has 1 heterocycles. The fourth-order valence-corrected chi connectivity index (χ4v) is 4.18. The number of amides is 1. The Hall–Kier alpha value is -3.06. The number of hydrogen-bond donors (Lipinski definition) is 1. The summed E-state index contributed by atoms with van der Waals surface area (Å²) in [6, 6.07) is 14.4. The van der Waals surface area contributed by atoms with E-state index in [1.807, 2.05) is 18.2 Å². The Kier molecular flexibility index (Phi) is 4.68. The minimum Gasteiger partial charge on any atom is -0.301 e. The first-order valence-electron chi connectivity index (χ1n) is 8.71. The summed E-state index contributed by atoms with van der Waals surface area (Å²) in [6.07, 6.45) is 2.83. The van der Waals surface area contributed by atoms with Crippen LogP contribution in [-0.2, 0) is 11.2 Å². The molecule has 1 N–H and O–H groups in total. The number of non-ortho nitro benzene ring substituents is 1. The molecule has 1 unspecified atom stereocenters. The summed E-state index contributed by atoms with van der Waals surface area (Å²) in [5, 5.41) is 16.2.